The Balaban J connectivity index is 2.69. The first-order valence-corrected chi connectivity index (χ1v) is 6.15. The molecule has 0 aliphatic heterocycles. The molecule has 2 aromatic rings. The predicted molar refractivity (Wildman–Crippen MR) is 72.1 cm³/mol. The van der Waals surface area contributed by atoms with Gasteiger partial charge in [-0.2, -0.15) is 0 Å². The van der Waals surface area contributed by atoms with Crippen molar-refractivity contribution in [3.63, 3.8) is 0 Å². The van der Waals surface area contributed by atoms with Gasteiger partial charge in [-0.25, -0.2) is 4.98 Å². The summed E-state index contributed by atoms with van der Waals surface area (Å²) < 4.78 is 0. The number of non-ortho nitro benzene ring substituents is 1. The zero-order chi connectivity index (χ0) is 13.3. The summed E-state index contributed by atoms with van der Waals surface area (Å²) >= 11 is 6.11. The Morgan fingerprint density at radius 2 is 2.11 bits per heavy atom. The lowest BCUT2D eigenvalue weighted by molar-refractivity contribution is -0.384. The quantitative estimate of drug-likeness (QED) is 0.477. The minimum atomic E-state index is -0.388. The van der Waals surface area contributed by atoms with Gasteiger partial charge in [0.15, 0.2) is 0 Å². The van der Waals surface area contributed by atoms with E-state index in [0.29, 0.717) is 5.15 Å². The van der Waals surface area contributed by atoms with E-state index >= 15 is 0 Å². The highest BCUT2D eigenvalue weighted by molar-refractivity contribution is 6.30. The molecule has 0 saturated carbocycles. The molecule has 0 aliphatic rings. The van der Waals surface area contributed by atoms with Gasteiger partial charge in [0.05, 0.1) is 10.4 Å². The van der Waals surface area contributed by atoms with E-state index in [1.165, 1.54) is 6.07 Å². The predicted octanol–water partition coefficient (Wildman–Crippen LogP) is 4.06. The van der Waals surface area contributed by atoms with Crippen LogP contribution in [0.5, 0.6) is 0 Å². The summed E-state index contributed by atoms with van der Waals surface area (Å²) in [6, 6.07) is 4.96. The van der Waals surface area contributed by atoms with E-state index in [0.717, 1.165) is 34.9 Å². The third-order valence-corrected chi connectivity index (χ3v) is 3.18. The second-order valence-electron chi connectivity index (χ2n) is 4.28. The van der Waals surface area contributed by atoms with Crippen molar-refractivity contribution in [2.24, 2.45) is 0 Å². The van der Waals surface area contributed by atoms with Crippen molar-refractivity contribution in [2.75, 3.05) is 0 Å². The number of nitro groups is 1. The Kier molecular flexibility index (Phi) is 3.48. The zero-order valence-electron chi connectivity index (χ0n) is 10.2. The zero-order valence-corrected chi connectivity index (χ0v) is 11.0. The van der Waals surface area contributed by atoms with Gasteiger partial charge in [0.1, 0.15) is 5.15 Å². The van der Waals surface area contributed by atoms with Crippen LogP contribution in [0, 0.1) is 17.0 Å². The maximum atomic E-state index is 10.8. The van der Waals surface area contributed by atoms with Crippen LogP contribution in [0.4, 0.5) is 5.69 Å². The average molecular weight is 265 g/mol. The Bertz CT molecular complexity index is 626. The number of hydrogen-bond donors (Lipinski definition) is 0. The van der Waals surface area contributed by atoms with Crippen molar-refractivity contribution >= 4 is 28.2 Å². The summed E-state index contributed by atoms with van der Waals surface area (Å²) in [6.07, 6.45) is 1.78. The second-order valence-corrected chi connectivity index (χ2v) is 4.64. The van der Waals surface area contributed by atoms with Gasteiger partial charge in [0.25, 0.3) is 5.69 Å². The first-order valence-electron chi connectivity index (χ1n) is 5.77. The van der Waals surface area contributed by atoms with Crippen LogP contribution in [-0.2, 0) is 6.42 Å². The summed E-state index contributed by atoms with van der Waals surface area (Å²) in [4.78, 5) is 14.8. The van der Waals surface area contributed by atoms with Crippen LogP contribution in [-0.4, -0.2) is 9.91 Å². The number of fused-ring (bicyclic) bond motifs is 1. The molecule has 18 heavy (non-hydrogen) atoms. The van der Waals surface area contributed by atoms with Crippen LogP contribution in [0.3, 0.4) is 0 Å². The van der Waals surface area contributed by atoms with Crippen molar-refractivity contribution in [3.8, 4) is 0 Å². The van der Waals surface area contributed by atoms with E-state index in [2.05, 4.69) is 11.9 Å². The number of halogens is 1. The number of hydrogen-bond acceptors (Lipinski definition) is 3. The third-order valence-electron chi connectivity index (χ3n) is 2.85. The summed E-state index contributed by atoms with van der Waals surface area (Å²) in [5.41, 5.74) is 2.52. The fourth-order valence-corrected chi connectivity index (χ4v) is 2.25. The van der Waals surface area contributed by atoms with E-state index in [-0.39, 0.29) is 10.6 Å². The molecule has 0 unspecified atom stereocenters. The van der Waals surface area contributed by atoms with E-state index in [1.54, 1.807) is 13.0 Å². The van der Waals surface area contributed by atoms with Crippen LogP contribution in [0.25, 0.3) is 10.9 Å². The van der Waals surface area contributed by atoms with Crippen LogP contribution in [0.15, 0.2) is 18.2 Å². The molecular formula is C13H13ClN2O2. The molecule has 4 nitrogen and oxygen atoms in total. The molecule has 1 aromatic carbocycles. The van der Waals surface area contributed by atoms with Crippen molar-refractivity contribution in [1.29, 1.82) is 0 Å². The monoisotopic (exact) mass is 264 g/mol. The van der Waals surface area contributed by atoms with Crippen molar-refractivity contribution < 1.29 is 4.92 Å². The topological polar surface area (TPSA) is 56.0 Å². The Morgan fingerprint density at radius 1 is 1.39 bits per heavy atom. The van der Waals surface area contributed by atoms with Gasteiger partial charge in [0.2, 0.25) is 0 Å². The molecular weight excluding hydrogens is 252 g/mol. The van der Waals surface area contributed by atoms with Gasteiger partial charge in [-0.1, -0.05) is 24.9 Å². The number of nitrogens with zero attached hydrogens (tertiary/aromatic N) is 2. The molecule has 0 atom stereocenters. The molecule has 0 fully saturated rings. The molecule has 1 heterocycles. The molecule has 0 radical (unpaired) electrons. The van der Waals surface area contributed by atoms with Crippen LogP contribution < -0.4 is 0 Å². The lowest BCUT2D eigenvalue weighted by atomic mass is 10.1. The van der Waals surface area contributed by atoms with E-state index in [9.17, 15) is 10.1 Å². The fraction of sp³-hybridized carbons (Fsp3) is 0.308. The van der Waals surface area contributed by atoms with Crippen LogP contribution in [0.2, 0.25) is 5.15 Å². The second kappa shape index (κ2) is 4.90. The minimum Gasteiger partial charge on any atom is -0.258 e. The average Bonchev–Trinajstić information content (AvgIpc) is 2.31. The van der Waals surface area contributed by atoms with Gasteiger partial charge in [-0.3, -0.25) is 10.1 Å². The Labute approximate surface area is 110 Å². The first kappa shape index (κ1) is 12.8. The van der Waals surface area contributed by atoms with Crippen molar-refractivity contribution in [3.05, 3.63) is 44.6 Å². The highest BCUT2D eigenvalue weighted by Gasteiger charge is 2.12. The molecule has 5 heteroatoms. The number of rotatable bonds is 3. The fourth-order valence-electron chi connectivity index (χ4n) is 2.02. The lowest BCUT2D eigenvalue weighted by Crippen LogP contribution is -1.94. The first-order chi connectivity index (χ1) is 8.52. The largest absolute Gasteiger partial charge is 0.270 e. The Hall–Kier alpha value is -1.68. The maximum Gasteiger partial charge on any atom is 0.270 e. The molecule has 94 valence electrons. The highest BCUT2D eigenvalue weighted by atomic mass is 35.5. The Morgan fingerprint density at radius 3 is 2.72 bits per heavy atom. The van der Waals surface area contributed by atoms with E-state index in [1.807, 2.05) is 6.07 Å². The number of aromatic nitrogens is 1. The van der Waals surface area contributed by atoms with Gasteiger partial charge >= 0.3 is 0 Å². The van der Waals surface area contributed by atoms with Gasteiger partial charge in [-0.15, -0.1) is 0 Å². The molecule has 0 bridgehead atoms. The lowest BCUT2D eigenvalue weighted by Gasteiger charge is -2.07. The number of nitro benzene ring substituents is 1. The maximum absolute atomic E-state index is 10.8. The summed E-state index contributed by atoms with van der Waals surface area (Å²) in [5, 5.41) is 12.1. The minimum absolute atomic E-state index is 0.0894. The van der Waals surface area contributed by atoms with Crippen LogP contribution >= 0.6 is 11.6 Å². The molecule has 0 spiro atoms. The summed E-state index contributed by atoms with van der Waals surface area (Å²) in [5.74, 6) is 0. The number of aryl methyl sites for hydroxylation is 2. The molecule has 2 rings (SSSR count). The van der Waals surface area contributed by atoms with Gasteiger partial charge in [0, 0.05) is 17.5 Å². The smallest absolute Gasteiger partial charge is 0.258 e. The number of benzene rings is 1. The van der Waals surface area contributed by atoms with Gasteiger partial charge < -0.3 is 0 Å². The van der Waals surface area contributed by atoms with Crippen molar-refractivity contribution in [1.82, 2.24) is 4.98 Å². The molecule has 0 aliphatic carbocycles. The van der Waals surface area contributed by atoms with Crippen molar-refractivity contribution in [2.45, 2.75) is 26.7 Å². The SMILES string of the molecule is CCCc1cc2cc([N+](=O)[O-])cc(C)c2nc1Cl. The molecule has 1 aromatic heterocycles. The number of pyridine rings is 1. The normalized spacial score (nSPS) is 10.8. The molecule has 0 amide bonds. The summed E-state index contributed by atoms with van der Waals surface area (Å²) in [7, 11) is 0. The molecule has 0 saturated heterocycles. The molecule has 0 N–H and O–H groups in total. The highest BCUT2D eigenvalue weighted by Crippen LogP contribution is 2.27. The van der Waals surface area contributed by atoms with Gasteiger partial charge in [-0.05, 0) is 30.5 Å². The van der Waals surface area contributed by atoms with E-state index in [4.69, 9.17) is 11.6 Å². The summed E-state index contributed by atoms with van der Waals surface area (Å²) in [6.45, 7) is 3.86. The standard InChI is InChI=1S/C13H13ClN2O2/c1-3-4-9-6-10-7-11(16(17)18)5-8(2)12(10)15-13(9)14/h5-7H,3-4H2,1-2H3. The van der Waals surface area contributed by atoms with E-state index < -0.39 is 0 Å². The van der Waals surface area contributed by atoms with Crippen LogP contribution in [0.1, 0.15) is 24.5 Å². The third kappa shape index (κ3) is 2.29.